The predicted molar refractivity (Wildman–Crippen MR) is 239 cm³/mol. The van der Waals surface area contributed by atoms with Gasteiger partial charge in [-0.1, -0.05) is 32.8 Å². The largest absolute Gasteiger partial charge is 0.491 e. The standard InChI is InChI=1S/C46H57N7O12/c1-5-34-35-25-33(11-12-39(35)49-43-36(34)27-53-40(43)26-38-37(44(53)55)28-65-45(56)46(38,57)6-2)64-29-41(54)50-51-42(30(3)4)31-7-9-32(10-8-31)63-24-23-62-22-21-61-20-19-60-18-17-59-16-15-58-14-13-48-52-47/h7-12,25-26,30,57H,5-6,13-24,27-29H2,1-4H3,(H,50,54)/b51-42+/t46-/m0/s1. The summed E-state index contributed by atoms with van der Waals surface area (Å²) < 4.78 is 45.8. The molecule has 1 amide bonds. The van der Waals surface area contributed by atoms with Crippen LogP contribution >= 0.6 is 0 Å². The van der Waals surface area contributed by atoms with Gasteiger partial charge in [0, 0.05) is 28.0 Å². The van der Waals surface area contributed by atoms with Crippen LogP contribution in [-0.2, 0) is 63.2 Å². The van der Waals surface area contributed by atoms with Crippen molar-refractivity contribution in [1.29, 1.82) is 0 Å². The smallest absolute Gasteiger partial charge is 0.343 e. The number of fused-ring (bicyclic) bond motifs is 5. The molecule has 2 N–H and O–H groups in total. The SMILES string of the molecule is CCc1c2c(nc3ccc(OCC(=O)N/N=C(/c4ccc(OCCOCCOCCOCCOCCOCCN=[N+]=[N-])cc4)C(C)C)cc13)-c1cc3c(c(=O)n1C2)COC(=O)[C@]3(O)CC. The number of azide groups is 1. The van der Waals surface area contributed by atoms with E-state index in [0.29, 0.717) is 120 Å². The van der Waals surface area contributed by atoms with Crippen LogP contribution in [0, 0.1) is 5.92 Å². The van der Waals surface area contributed by atoms with Crippen LogP contribution in [0.15, 0.2) is 63.5 Å². The Morgan fingerprint density at radius 3 is 2.12 bits per heavy atom. The molecule has 6 rings (SSSR count). The Kier molecular flexibility index (Phi) is 17.8. The molecule has 2 aliphatic heterocycles. The first kappa shape index (κ1) is 48.5. The first-order chi connectivity index (χ1) is 31.6. The molecule has 4 heterocycles. The van der Waals surface area contributed by atoms with Crippen LogP contribution < -0.4 is 20.5 Å². The van der Waals surface area contributed by atoms with Crippen molar-refractivity contribution < 1.29 is 52.6 Å². The van der Waals surface area contributed by atoms with Gasteiger partial charge in [-0.15, -0.1) is 0 Å². The minimum atomic E-state index is -1.90. The van der Waals surface area contributed by atoms with Gasteiger partial charge in [0.1, 0.15) is 24.7 Å². The molecule has 0 spiro atoms. The van der Waals surface area contributed by atoms with Crippen LogP contribution in [0.5, 0.6) is 11.5 Å². The average molecular weight is 900 g/mol. The van der Waals surface area contributed by atoms with E-state index in [1.807, 2.05) is 57.2 Å². The molecule has 19 nitrogen and oxygen atoms in total. The topological polar surface area (TPSA) is 236 Å². The number of hydrogen-bond acceptors (Lipinski definition) is 15. The maximum atomic E-state index is 13.7. The number of aromatic nitrogens is 2. The molecular formula is C46H57N7O12. The van der Waals surface area contributed by atoms with E-state index in [-0.39, 0.29) is 48.8 Å². The van der Waals surface area contributed by atoms with Gasteiger partial charge >= 0.3 is 5.97 Å². The monoisotopic (exact) mass is 899 g/mol. The first-order valence-corrected chi connectivity index (χ1v) is 21.8. The third kappa shape index (κ3) is 12.3. The second-order valence-electron chi connectivity index (χ2n) is 15.4. The Bertz CT molecular complexity index is 2420. The molecule has 2 aliphatic rings. The van der Waals surface area contributed by atoms with Crippen molar-refractivity contribution in [3.05, 3.63) is 97.1 Å². The Hall–Kier alpha value is -5.92. The van der Waals surface area contributed by atoms with Crippen molar-refractivity contribution in [1.82, 2.24) is 15.0 Å². The summed E-state index contributed by atoms with van der Waals surface area (Å²) in [6.07, 6.45) is 0.701. The summed E-state index contributed by atoms with van der Waals surface area (Å²) in [5, 5.41) is 19.9. The number of rotatable bonds is 27. The molecule has 2 aromatic carbocycles. The maximum absolute atomic E-state index is 13.7. The lowest BCUT2D eigenvalue weighted by Crippen LogP contribution is -2.44. The highest BCUT2D eigenvalue weighted by atomic mass is 16.6. The number of carbonyl (C=O) groups excluding carboxylic acids is 2. The fraction of sp³-hybridized carbons (Fsp3) is 0.500. The number of aryl methyl sites for hydroxylation is 1. The van der Waals surface area contributed by atoms with Crippen LogP contribution in [0.2, 0.25) is 0 Å². The fourth-order valence-electron chi connectivity index (χ4n) is 7.54. The zero-order chi connectivity index (χ0) is 46.2. The zero-order valence-corrected chi connectivity index (χ0v) is 37.3. The van der Waals surface area contributed by atoms with Gasteiger partial charge in [0.2, 0.25) is 0 Å². The van der Waals surface area contributed by atoms with Crippen LogP contribution in [0.4, 0.5) is 0 Å². The molecule has 2 aromatic heterocycles. The van der Waals surface area contributed by atoms with Gasteiger partial charge in [0.05, 0.1) is 101 Å². The van der Waals surface area contributed by atoms with Crippen LogP contribution in [0.3, 0.4) is 0 Å². The van der Waals surface area contributed by atoms with E-state index >= 15 is 0 Å². The molecule has 0 saturated carbocycles. The van der Waals surface area contributed by atoms with E-state index in [9.17, 15) is 19.5 Å². The Morgan fingerprint density at radius 1 is 0.877 bits per heavy atom. The van der Waals surface area contributed by atoms with E-state index in [1.54, 1.807) is 23.6 Å². The molecule has 4 aromatic rings. The highest BCUT2D eigenvalue weighted by Crippen LogP contribution is 2.40. The van der Waals surface area contributed by atoms with E-state index < -0.39 is 17.5 Å². The number of nitrogens with one attached hydrogen (secondary N) is 1. The number of hydrogen-bond donors (Lipinski definition) is 2. The highest BCUT2D eigenvalue weighted by molar-refractivity contribution is 6.02. The first-order valence-electron chi connectivity index (χ1n) is 21.8. The molecule has 348 valence electrons. The minimum absolute atomic E-state index is 0.00167. The van der Waals surface area contributed by atoms with Gasteiger partial charge < -0.3 is 47.6 Å². The van der Waals surface area contributed by atoms with Gasteiger partial charge in [-0.3, -0.25) is 9.59 Å². The lowest BCUT2D eigenvalue weighted by atomic mass is 9.86. The number of amides is 1. The van der Waals surface area contributed by atoms with Gasteiger partial charge in [0.15, 0.2) is 12.2 Å². The number of hydrazone groups is 1. The second kappa shape index (κ2) is 23.8. The van der Waals surface area contributed by atoms with E-state index in [0.717, 1.165) is 22.1 Å². The molecule has 0 bridgehead atoms. The summed E-state index contributed by atoms with van der Waals surface area (Å²) in [7, 11) is 0. The molecule has 1 atom stereocenters. The third-order valence-electron chi connectivity index (χ3n) is 10.9. The van der Waals surface area contributed by atoms with Crippen molar-refractivity contribution in [2.75, 3.05) is 85.8 Å². The Morgan fingerprint density at radius 2 is 1.51 bits per heavy atom. The summed E-state index contributed by atoms with van der Waals surface area (Å²) in [5.74, 6) is -0.0520. The summed E-state index contributed by atoms with van der Waals surface area (Å²) in [4.78, 5) is 46.8. The molecule has 0 fully saturated rings. The summed E-state index contributed by atoms with van der Waals surface area (Å²) >= 11 is 0. The third-order valence-corrected chi connectivity index (χ3v) is 10.9. The van der Waals surface area contributed by atoms with E-state index in [1.165, 1.54) is 0 Å². The van der Waals surface area contributed by atoms with Crippen molar-refractivity contribution >= 4 is 28.5 Å². The number of benzene rings is 2. The van der Waals surface area contributed by atoms with E-state index in [4.69, 9.17) is 48.4 Å². The lowest BCUT2D eigenvalue weighted by Gasteiger charge is -2.31. The summed E-state index contributed by atoms with van der Waals surface area (Å²) in [6, 6.07) is 14.6. The van der Waals surface area contributed by atoms with Crippen molar-refractivity contribution in [2.45, 2.75) is 59.3 Å². The fourth-order valence-corrected chi connectivity index (χ4v) is 7.54. The molecule has 0 aliphatic carbocycles. The van der Waals surface area contributed by atoms with Gasteiger partial charge in [-0.05, 0) is 83.9 Å². The lowest BCUT2D eigenvalue weighted by molar-refractivity contribution is -0.172. The number of cyclic esters (lactones) is 1. The minimum Gasteiger partial charge on any atom is -0.491 e. The Labute approximate surface area is 376 Å². The van der Waals surface area contributed by atoms with Crippen LogP contribution in [0.1, 0.15) is 61.9 Å². The quantitative estimate of drug-likeness (QED) is 0.0135. The number of esters is 1. The average Bonchev–Trinajstić information content (AvgIpc) is 3.68. The van der Waals surface area contributed by atoms with Crippen LogP contribution in [0.25, 0.3) is 32.7 Å². The van der Waals surface area contributed by atoms with Gasteiger partial charge in [-0.2, -0.15) is 5.10 Å². The molecule has 0 unspecified atom stereocenters. The normalized spacial score (nSPS) is 15.3. The molecule has 65 heavy (non-hydrogen) atoms. The van der Waals surface area contributed by atoms with Gasteiger partial charge in [0.25, 0.3) is 11.5 Å². The number of pyridine rings is 2. The highest BCUT2D eigenvalue weighted by Gasteiger charge is 2.45. The molecule has 0 saturated heterocycles. The molecule has 0 radical (unpaired) electrons. The predicted octanol–water partition coefficient (Wildman–Crippen LogP) is 4.97. The number of aliphatic hydroxyl groups is 1. The number of nitrogens with zero attached hydrogens (tertiary/aromatic N) is 6. The second-order valence-corrected chi connectivity index (χ2v) is 15.4. The zero-order valence-electron chi connectivity index (χ0n) is 37.3. The number of ether oxygens (including phenoxy) is 8. The summed E-state index contributed by atoms with van der Waals surface area (Å²) in [5.41, 5.74) is 14.4. The Balaban J connectivity index is 0.920. The maximum Gasteiger partial charge on any atom is 0.343 e. The van der Waals surface area contributed by atoms with Gasteiger partial charge in [-0.25, -0.2) is 15.2 Å². The van der Waals surface area contributed by atoms with Crippen molar-refractivity contribution in [3.8, 4) is 22.9 Å². The van der Waals surface area contributed by atoms with Crippen LogP contribution in [-0.4, -0.2) is 118 Å². The molecular weight excluding hydrogens is 843 g/mol. The summed E-state index contributed by atoms with van der Waals surface area (Å²) in [6.45, 7) is 12.5. The van der Waals surface area contributed by atoms with Crippen molar-refractivity contribution in [3.63, 3.8) is 0 Å². The molecule has 19 heteroatoms. The van der Waals surface area contributed by atoms with Crippen molar-refractivity contribution in [2.24, 2.45) is 16.1 Å². The van der Waals surface area contributed by atoms with E-state index in [2.05, 4.69) is 20.6 Å². The number of carbonyl (C=O) groups is 2.